The summed E-state index contributed by atoms with van der Waals surface area (Å²) in [6.45, 7) is 5.49. The highest BCUT2D eigenvalue weighted by Crippen LogP contribution is 2.31. The summed E-state index contributed by atoms with van der Waals surface area (Å²) in [6, 6.07) is 22.0. The van der Waals surface area contributed by atoms with E-state index < -0.39 is 16.7 Å². The molecule has 244 valence electrons. The van der Waals surface area contributed by atoms with E-state index in [1.54, 1.807) is 16.3 Å². The summed E-state index contributed by atoms with van der Waals surface area (Å²) in [5.41, 5.74) is 2.60. The van der Waals surface area contributed by atoms with Crippen LogP contribution in [0.25, 0.3) is 0 Å². The van der Waals surface area contributed by atoms with Crippen molar-refractivity contribution in [2.75, 3.05) is 37.7 Å². The third-order valence-corrected chi connectivity index (χ3v) is 8.99. The summed E-state index contributed by atoms with van der Waals surface area (Å²) in [5.74, 6) is 1.14. The van der Waals surface area contributed by atoms with E-state index in [4.69, 9.17) is 9.47 Å². The van der Waals surface area contributed by atoms with Crippen molar-refractivity contribution in [3.05, 3.63) is 106 Å². The van der Waals surface area contributed by atoms with E-state index in [1.807, 2.05) is 12.1 Å². The molecule has 2 aliphatic heterocycles. The number of ether oxygens (including phenoxy) is 2. The molecule has 0 N–H and O–H groups in total. The Kier molecular flexibility index (Phi) is 10.6. The number of halogens is 4. The number of aromatic nitrogens is 2. The number of nitrogens with zero attached hydrogens (tertiary/aromatic N) is 5. The lowest BCUT2D eigenvalue weighted by Crippen LogP contribution is -2.45. The molecule has 0 amide bonds. The Morgan fingerprint density at radius 1 is 0.935 bits per heavy atom. The number of thioether (sulfide) groups is 1. The number of hydrogen-bond acceptors (Lipinski definition) is 8. The molecule has 46 heavy (non-hydrogen) atoms. The summed E-state index contributed by atoms with van der Waals surface area (Å²) < 4.78 is 51.7. The van der Waals surface area contributed by atoms with E-state index in [2.05, 4.69) is 51.2 Å². The molecule has 0 saturated carbocycles. The Labute approximate surface area is 274 Å². The summed E-state index contributed by atoms with van der Waals surface area (Å²) in [4.78, 5) is 20.2. The van der Waals surface area contributed by atoms with E-state index in [1.165, 1.54) is 23.9 Å². The van der Waals surface area contributed by atoms with Crippen LogP contribution in [0.1, 0.15) is 23.1 Å². The number of hydrogen-bond donors (Lipinski definition) is 0. The van der Waals surface area contributed by atoms with E-state index in [0.717, 1.165) is 66.8 Å². The molecular weight excluding hydrogens is 643 g/mol. The quantitative estimate of drug-likeness (QED) is 0.100. The Balaban J connectivity index is 0.00000417. The number of rotatable bonds is 10. The van der Waals surface area contributed by atoms with Crippen molar-refractivity contribution in [3.63, 3.8) is 0 Å². The number of aryl methyl sites for hydroxylation is 1. The molecule has 9 nitrogen and oxygen atoms in total. The molecule has 3 aromatic carbocycles. The molecule has 2 aliphatic rings. The van der Waals surface area contributed by atoms with Crippen molar-refractivity contribution >= 4 is 35.7 Å². The van der Waals surface area contributed by atoms with Crippen LogP contribution < -0.4 is 14.4 Å². The first-order valence-corrected chi connectivity index (χ1v) is 15.6. The number of alkyl halides is 3. The molecule has 4 aromatic rings. The van der Waals surface area contributed by atoms with Gasteiger partial charge in [0.15, 0.2) is 0 Å². The number of benzene rings is 3. The SMILES string of the molecule is Cl.O=[N+]([O-])c1cn2c(n1)O[C@@H](COc1ccc(N3CCN(Cc4ccc(SCc5ccc(C(F)(F)F)cc5)cc4)CC3)cc1)CC2. The Bertz CT molecular complexity index is 1600. The van der Waals surface area contributed by atoms with Crippen molar-refractivity contribution in [2.24, 2.45) is 0 Å². The standard InChI is InChI=1S/C32H32F3N5O4S.ClH/c33-32(34,35)25-5-1-24(2-6-25)22-45-29-11-3-23(4-12-29)19-37-15-17-38(18-16-37)26-7-9-27(10-8-26)43-21-28-13-14-39-20-30(40(41)42)36-31(39)44-28;/h1-12,20,28H,13-19,21-22H2;1H/t28-;/m1./s1. The van der Waals surface area contributed by atoms with Gasteiger partial charge in [0.25, 0.3) is 0 Å². The normalized spacial score (nSPS) is 16.7. The van der Waals surface area contributed by atoms with E-state index >= 15 is 0 Å². The maximum Gasteiger partial charge on any atom is 0.416 e. The molecule has 1 fully saturated rings. The number of anilines is 1. The van der Waals surface area contributed by atoms with Gasteiger partial charge in [-0.15, -0.1) is 24.2 Å². The second kappa shape index (κ2) is 14.7. The minimum Gasteiger partial charge on any atom is -0.490 e. The molecule has 0 aliphatic carbocycles. The number of fused-ring (bicyclic) bond motifs is 1. The van der Waals surface area contributed by atoms with Crippen LogP contribution in [0.5, 0.6) is 11.8 Å². The second-order valence-electron chi connectivity index (χ2n) is 11.1. The predicted octanol–water partition coefficient (Wildman–Crippen LogP) is 7.08. The molecule has 3 heterocycles. The van der Waals surface area contributed by atoms with Gasteiger partial charge in [0.2, 0.25) is 0 Å². The van der Waals surface area contributed by atoms with Crippen molar-refractivity contribution in [1.82, 2.24) is 14.5 Å². The molecule has 14 heteroatoms. The Morgan fingerprint density at radius 3 is 2.26 bits per heavy atom. The molecule has 6 rings (SSSR count). The molecule has 0 spiro atoms. The first-order chi connectivity index (χ1) is 21.7. The molecule has 0 radical (unpaired) electrons. The van der Waals surface area contributed by atoms with Gasteiger partial charge in [0.1, 0.15) is 24.7 Å². The van der Waals surface area contributed by atoms with Crippen LogP contribution in [-0.2, 0) is 25.0 Å². The Morgan fingerprint density at radius 2 is 1.61 bits per heavy atom. The zero-order valence-electron chi connectivity index (χ0n) is 24.8. The first kappa shape index (κ1) is 33.4. The van der Waals surface area contributed by atoms with Gasteiger partial charge in [-0.2, -0.15) is 13.2 Å². The van der Waals surface area contributed by atoms with Crippen LogP contribution in [0.2, 0.25) is 0 Å². The lowest BCUT2D eigenvalue weighted by Gasteiger charge is -2.36. The average Bonchev–Trinajstić information content (AvgIpc) is 3.48. The third kappa shape index (κ3) is 8.45. The summed E-state index contributed by atoms with van der Waals surface area (Å²) in [7, 11) is 0. The van der Waals surface area contributed by atoms with Gasteiger partial charge in [0.05, 0.1) is 5.56 Å². The van der Waals surface area contributed by atoms with Gasteiger partial charge >= 0.3 is 18.0 Å². The fourth-order valence-electron chi connectivity index (χ4n) is 5.35. The first-order valence-electron chi connectivity index (χ1n) is 14.7. The van der Waals surface area contributed by atoms with Gasteiger partial charge in [-0.25, -0.2) is 0 Å². The zero-order chi connectivity index (χ0) is 31.4. The summed E-state index contributed by atoms with van der Waals surface area (Å²) in [6.07, 6.45) is -2.47. The van der Waals surface area contributed by atoms with Crippen LogP contribution >= 0.6 is 24.2 Å². The van der Waals surface area contributed by atoms with Crippen LogP contribution in [0.4, 0.5) is 24.7 Å². The van der Waals surface area contributed by atoms with E-state index in [9.17, 15) is 23.3 Å². The van der Waals surface area contributed by atoms with Crippen molar-refractivity contribution < 1.29 is 27.6 Å². The van der Waals surface area contributed by atoms with Gasteiger partial charge in [-0.1, -0.05) is 24.3 Å². The molecule has 0 unspecified atom stereocenters. The largest absolute Gasteiger partial charge is 0.490 e. The zero-order valence-corrected chi connectivity index (χ0v) is 26.4. The monoisotopic (exact) mass is 675 g/mol. The van der Waals surface area contributed by atoms with Crippen LogP contribution in [0, 0.1) is 10.1 Å². The van der Waals surface area contributed by atoms with Crippen LogP contribution in [0.15, 0.2) is 83.9 Å². The highest BCUT2D eigenvalue weighted by Gasteiger charge is 2.30. The van der Waals surface area contributed by atoms with Gasteiger partial charge in [0, 0.05) is 67.0 Å². The molecule has 1 saturated heterocycles. The minimum atomic E-state index is -4.31. The lowest BCUT2D eigenvalue weighted by atomic mass is 10.1. The molecular formula is C32H33ClF3N5O4S. The Hall–Kier alpha value is -3.94. The highest BCUT2D eigenvalue weighted by molar-refractivity contribution is 7.98. The van der Waals surface area contributed by atoms with Crippen LogP contribution in [0.3, 0.4) is 0 Å². The number of imidazole rings is 1. The number of nitro groups is 1. The fourth-order valence-corrected chi connectivity index (χ4v) is 6.20. The summed E-state index contributed by atoms with van der Waals surface area (Å²) in [5, 5.41) is 11.0. The lowest BCUT2D eigenvalue weighted by molar-refractivity contribution is -0.389. The summed E-state index contributed by atoms with van der Waals surface area (Å²) >= 11 is 1.61. The van der Waals surface area contributed by atoms with Gasteiger partial charge in [-0.05, 0) is 64.6 Å². The van der Waals surface area contributed by atoms with Crippen LogP contribution in [-0.4, -0.2) is 58.3 Å². The maximum absolute atomic E-state index is 12.8. The topological polar surface area (TPSA) is 85.9 Å². The fraction of sp³-hybridized carbons (Fsp3) is 0.344. The predicted molar refractivity (Wildman–Crippen MR) is 172 cm³/mol. The second-order valence-corrected chi connectivity index (χ2v) is 12.1. The molecule has 0 bridgehead atoms. The van der Waals surface area contributed by atoms with Crippen molar-refractivity contribution in [3.8, 4) is 11.8 Å². The highest BCUT2D eigenvalue weighted by atomic mass is 35.5. The molecule has 1 aromatic heterocycles. The average molecular weight is 676 g/mol. The van der Waals surface area contributed by atoms with E-state index in [0.29, 0.717) is 25.3 Å². The van der Waals surface area contributed by atoms with Crippen molar-refractivity contribution in [1.29, 1.82) is 0 Å². The third-order valence-electron chi connectivity index (χ3n) is 7.90. The molecule has 1 atom stereocenters. The smallest absolute Gasteiger partial charge is 0.416 e. The van der Waals surface area contributed by atoms with E-state index in [-0.39, 0.29) is 30.3 Å². The number of piperazine rings is 1. The van der Waals surface area contributed by atoms with Gasteiger partial charge < -0.3 is 24.5 Å². The van der Waals surface area contributed by atoms with Gasteiger partial charge in [-0.3, -0.25) is 9.47 Å². The maximum atomic E-state index is 12.8. The van der Waals surface area contributed by atoms with Crippen molar-refractivity contribution in [2.45, 2.75) is 42.4 Å². The minimum absolute atomic E-state index is 0.